The molecule has 6 nitrogen and oxygen atoms in total. The molecule has 0 spiro atoms. The van der Waals surface area contributed by atoms with Crippen LogP contribution in [0, 0.1) is 17.9 Å². The van der Waals surface area contributed by atoms with Gasteiger partial charge in [-0.3, -0.25) is 9.55 Å². The highest BCUT2D eigenvalue weighted by molar-refractivity contribution is 5.99. The summed E-state index contributed by atoms with van der Waals surface area (Å²) in [6.07, 6.45) is 1.84. The summed E-state index contributed by atoms with van der Waals surface area (Å²) in [4.78, 5) is 14.6. The third kappa shape index (κ3) is 7.54. The van der Waals surface area contributed by atoms with Crippen molar-refractivity contribution in [3.8, 4) is 73.5 Å². The molecule has 0 saturated heterocycles. The lowest BCUT2D eigenvalue weighted by atomic mass is 9.77. The molecule has 0 bridgehead atoms. The van der Waals surface area contributed by atoms with Crippen molar-refractivity contribution < 1.29 is 5.11 Å². The van der Waals surface area contributed by atoms with Crippen LogP contribution in [0.2, 0.25) is 0 Å². The zero-order chi connectivity index (χ0) is 44.1. The first kappa shape index (κ1) is 41.5. The Balaban J connectivity index is 1.48. The second kappa shape index (κ2) is 15.6. The number of fused-ring (bicyclic) bond motifs is 1. The Hall–Kier alpha value is -7.28. The maximum absolute atomic E-state index is 12.6. The number of hydrogen-bond donors (Lipinski definition) is 1. The summed E-state index contributed by atoms with van der Waals surface area (Å²) in [6.45, 7) is 27.1. The molecule has 2 aromatic heterocycles. The lowest BCUT2D eigenvalue weighted by molar-refractivity contribution is 0.448. The van der Waals surface area contributed by atoms with E-state index in [2.05, 4.69) is 130 Å². The van der Waals surface area contributed by atoms with E-state index in [1.807, 2.05) is 87.6 Å². The molecule has 0 aliphatic carbocycles. The van der Waals surface area contributed by atoms with Gasteiger partial charge in [0.15, 0.2) is 5.69 Å². The topological polar surface area (TPSA) is 79.1 Å². The van der Waals surface area contributed by atoms with E-state index in [-0.39, 0.29) is 11.2 Å². The van der Waals surface area contributed by atoms with E-state index in [0.29, 0.717) is 33.9 Å². The predicted octanol–water partition coefficient (Wildman–Crippen LogP) is 14.8. The molecule has 0 aliphatic heterocycles. The van der Waals surface area contributed by atoms with Gasteiger partial charge in [-0.05, 0) is 86.0 Å². The molecule has 0 aliphatic rings. The summed E-state index contributed by atoms with van der Waals surface area (Å²) in [5.41, 5.74) is 12.8. The average Bonchev–Trinajstić information content (AvgIpc) is 3.64. The number of benzene rings is 6. The minimum Gasteiger partial charge on any atom is -0.508 e. The van der Waals surface area contributed by atoms with E-state index >= 15 is 0 Å². The summed E-state index contributed by atoms with van der Waals surface area (Å²) in [5, 5.41) is 22.9. The minimum atomic E-state index is -0.553. The molecule has 0 saturated carbocycles. The van der Waals surface area contributed by atoms with Gasteiger partial charge in [0.1, 0.15) is 11.6 Å². The van der Waals surface area contributed by atoms with Crippen LogP contribution >= 0.6 is 0 Å². The van der Waals surface area contributed by atoms with Crippen molar-refractivity contribution in [2.24, 2.45) is 0 Å². The monoisotopic (exact) mass is 809 g/mol. The van der Waals surface area contributed by atoms with Crippen molar-refractivity contribution in [2.45, 2.75) is 78.6 Å². The van der Waals surface area contributed by atoms with E-state index in [9.17, 15) is 10.4 Å². The number of aromatic nitrogens is 3. The fourth-order valence-corrected chi connectivity index (χ4v) is 8.55. The first-order chi connectivity index (χ1) is 29.5. The quantitative estimate of drug-likeness (QED) is 0.170. The number of pyridine rings is 1. The average molecular weight is 810 g/mol. The summed E-state index contributed by atoms with van der Waals surface area (Å²) in [7, 11) is 0. The van der Waals surface area contributed by atoms with Gasteiger partial charge in [-0.15, -0.1) is 0 Å². The van der Waals surface area contributed by atoms with Crippen molar-refractivity contribution in [1.29, 1.82) is 5.26 Å². The van der Waals surface area contributed by atoms with Crippen molar-refractivity contribution in [3.05, 3.63) is 173 Å². The highest BCUT2D eigenvalue weighted by atomic mass is 16.3. The zero-order valence-electron chi connectivity index (χ0n) is 37.0. The molecule has 0 unspecified atom stereocenters. The molecular weight excluding hydrogens is 759 g/mol. The largest absolute Gasteiger partial charge is 0.508 e. The van der Waals surface area contributed by atoms with E-state index in [1.54, 1.807) is 0 Å². The van der Waals surface area contributed by atoms with Gasteiger partial charge in [-0.25, -0.2) is 9.83 Å². The van der Waals surface area contributed by atoms with Crippen LogP contribution in [0.25, 0.3) is 77.6 Å². The third-order valence-corrected chi connectivity index (χ3v) is 11.6. The highest BCUT2D eigenvalue weighted by Crippen LogP contribution is 2.50. The Kier molecular flexibility index (Phi) is 10.5. The molecule has 8 aromatic rings. The van der Waals surface area contributed by atoms with Gasteiger partial charge in [0.05, 0.1) is 46.2 Å². The van der Waals surface area contributed by atoms with Crippen LogP contribution in [0.4, 0.5) is 5.69 Å². The molecule has 306 valence electrons. The maximum Gasteiger partial charge on any atom is 0.198 e. The van der Waals surface area contributed by atoms with Gasteiger partial charge in [0, 0.05) is 28.5 Å². The highest BCUT2D eigenvalue weighted by Gasteiger charge is 2.33. The molecule has 6 heteroatoms. The van der Waals surface area contributed by atoms with E-state index in [4.69, 9.17) is 16.5 Å². The Morgan fingerprint density at radius 3 is 1.82 bits per heavy atom. The number of phenolic OH excluding ortho intramolecular Hbond substituents is 1. The van der Waals surface area contributed by atoms with Gasteiger partial charge in [0.25, 0.3) is 0 Å². The Morgan fingerprint density at radius 1 is 0.597 bits per heavy atom. The van der Waals surface area contributed by atoms with Crippen molar-refractivity contribution in [3.63, 3.8) is 0 Å². The number of hydrogen-bond acceptors (Lipinski definition) is 4. The molecule has 62 heavy (non-hydrogen) atoms. The lowest BCUT2D eigenvalue weighted by Crippen LogP contribution is -2.18. The molecule has 6 aromatic carbocycles. The maximum atomic E-state index is 12.6. The molecule has 8 rings (SSSR count). The SMILES string of the molecule is [C-]#[N+]c1c(C(C)(C)C)cc(-c2nc3c(-c4cc(-c5ccccc5)cc(-c5cc(C#N)c(C(C)(C)C)cn5)c4)cccc3n2-c2ccccc2-c2ccccc2)c(O)c1C(C)(C)C. The number of para-hydroxylation sites is 2. The smallest absolute Gasteiger partial charge is 0.198 e. The van der Waals surface area contributed by atoms with E-state index < -0.39 is 10.8 Å². The normalized spacial score (nSPS) is 12.0. The van der Waals surface area contributed by atoms with Gasteiger partial charge in [-0.2, -0.15) is 5.26 Å². The summed E-state index contributed by atoms with van der Waals surface area (Å²) >= 11 is 0. The van der Waals surface area contributed by atoms with Crippen LogP contribution in [-0.2, 0) is 16.2 Å². The second-order valence-corrected chi connectivity index (χ2v) is 19.1. The number of aromatic hydroxyl groups is 1. The second-order valence-electron chi connectivity index (χ2n) is 19.1. The van der Waals surface area contributed by atoms with Crippen molar-refractivity contribution >= 4 is 16.7 Å². The first-order valence-corrected chi connectivity index (χ1v) is 21.1. The fraction of sp³-hybridized carbons (Fsp3) is 0.214. The van der Waals surface area contributed by atoms with Crippen LogP contribution in [0.15, 0.2) is 140 Å². The molecule has 0 fully saturated rings. The van der Waals surface area contributed by atoms with E-state index in [1.165, 1.54) is 0 Å². The van der Waals surface area contributed by atoms with Crippen molar-refractivity contribution in [1.82, 2.24) is 14.5 Å². The number of phenols is 1. The van der Waals surface area contributed by atoms with Gasteiger partial charge in [-0.1, -0.05) is 159 Å². The Morgan fingerprint density at radius 2 is 1.19 bits per heavy atom. The summed E-state index contributed by atoms with van der Waals surface area (Å²) in [6, 6.07) is 47.9. The lowest BCUT2D eigenvalue weighted by Gasteiger charge is -2.30. The van der Waals surface area contributed by atoms with E-state index in [0.717, 1.165) is 66.8 Å². The van der Waals surface area contributed by atoms with Crippen LogP contribution < -0.4 is 0 Å². The Bertz CT molecular complexity index is 3090. The molecule has 2 heterocycles. The van der Waals surface area contributed by atoms with Crippen LogP contribution in [0.1, 0.15) is 84.6 Å². The number of nitriles is 1. The number of nitrogens with zero attached hydrogens (tertiary/aromatic N) is 5. The van der Waals surface area contributed by atoms with Gasteiger partial charge >= 0.3 is 0 Å². The third-order valence-electron chi connectivity index (χ3n) is 11.6. The number of rotatable bonds is 6. The fourth-order valence-electron chi connectivity index (χ4n) is 8.55. The zero-order valence-corrected chi connectivity index (χ0v) is 37.0. The van der Waals surface area contributed by atoms with Crippen LogP contribution in [0.3, 0.4) is 0 Å². The van der Waals surface area contributed by atoms with Gasteiger partial charge < -0.3 is 5.11 Å². The molecular formula is C56H51N5O. The Labute approximate surface area is 365 Å². The van der Waals surface area contributed by atoms with Crippen LogP contribution in [-0.4, -0.2) is 19.6 Å². The summed E-state index contributed by atoms with van der Waals surface area (Å²) < 4.78 is 2.17. The number of imidazole rings is 1. The molecule has 0 amide bonds. The molecule has 0 atom stereocenters. The predicted molar refractivity (Wildman–Crippen MR) is 255 cm³/mol. The minimum absolute atomic E-state index is 0.0539. The standard InChI is InChI=1S/C56H51N5O/c1-54(2,3)44-32-43(52(62)49(51(44)58-10)56(7,8)9)53-60-50-42(25-19-27-48(50)61(53)47-26-18-17-24-41(47)36-22-15-12-16-23-36)38-28-37(35-20-13-11-14-21-35)29-39(30-38)46-31-40(33-57)45(34-59-46)55(4,5)6/h11-32,34,62H,1-9H3. The van der Waals surface area contributed by atoms with Crippen molar-refractivity contribution in [2.75, 3.05) is 0 Å². The molecule has 0 radical (unpaired) electrons. The molecule has 1 N–H and O–H groups in total. The summed E-state index contributed by atoms with van der Waals surface area (Å²) in [5.74, 6) is 0.622. The van der Waals surface area contributed by atoms with Crippen LogP contribution in [0.5, 0.6) is 5.75 Å². The first-order valence-electron chi connectivity index (χ1n) is 21.1. The van der Waals surface area contributed by atoms with Gasteiger partial charge in [0.2, 0.25) is 0 Å².